The summed E-state index contributed by atoms with van der Waals surface area (Å²) in [5.74, 6) is 1.50. The molecule has 3 aromatic carbocycles. The zero-order valence-electron chi connectivity index (χ0n) is 17.0. The van der Waals surface area contributed by atoms with Gasteiger partial charge in [0, 0.05) is 21.4 Å². The second kappa shape index (κ2) is 8.76. The second-order valence-electron chi connectivity index (χ2n) is 7.42. The minimum atomic E-state index is -3.90. The lowest BCUT2D eigenvalue weighted by atomic mass is 10.1. The Kier molecular flexibility index (Phi) is 5.83. The molecular formula is C24H20INO5S. The minimum absolute atomic E-state index is 0.105. The van der Waals surface area contributed by atoms with E-state index in [-0.39, 0.29) is 4.90 Å². The number of fused-ring (bicyclic) bond motifs is 2. The first-order valence-electron chi connectivity index (χ1n) is 10.2. The number of sulfonamides is 1. The van der Waals surface area contributed by atoms with Crippen molar-refractivity contribution in [2.24, 2.45) is 0 Å². The highest BCUT2D eigenvalue weighted by Crippen LogP contribution is 2.35. The summed E-state index contributed by atoms with van der Waals surface area (Å²) in [6.07, 6.45) is 0.746. The molecule has 1 aromatic heterocycles. The van der Waals surface area contributed by atoms with Crippen LogP contribution in [-0.2, 0) is 10.0 Å². The number of furan rings is 1. The average Bonchev–Trinajstić information content (AvgIpc) is 3.08. The Morgan fingerprint density at radius 1 is 0.875 bits per heavy atom. The van der Waals surface area contributed by atoms with Crippen LogP contribution in [0.25, 0.3) is 11.0 Å². The van der Waals surface area contributed by atoms with Crippen molar-refractivity contribution in [2.75, 3.05) is 13.2 Å². The van der Waals surface area contributed by atoms with Gasteiger partial charge in [0.2, 0.25) is 10.0 Å². The number of hydrogen-bond acceptors (Lipinski definition) is 5. The summed E-state index contributed by atoms with van der Waals surface area (Å²) >= 11 is 2.21. The Hall–Kier alpha value is -2.56. The average molecular weight is 561 g/mol. The summed E-state index contributed by atoms with van der Waals surface area (Å²) in [5, 5.41) is 0.910. The highest BCUT2D eigenvalue weighted by molar-refractivity contribution is 14.1. The van der Waals surface area contributed by atoms with Crippen LogP contribution in [0.4, 0.5) is 0 Å². The fourth-order valence-corrected chi connectivity index (χ4v) is 5.56. The van der Waals surface area contributed by atoms with Crippen molar-refractivity contribution in [1.82, 2.24) is 4.72 Å². The summed E-state index contributed by atoms with van der Waals surface area (Å²) in [6, 6.07) is 21.1. The van der Waals surface area contributed by atoms with Crippen LogP contribution in [0.1, 0.15) is 23.8 Å². The molecule has 6 nitrogen and oxygen atoms in total. The van der Waals surface area contributed by atoms with E-state index in [9.17, 15) is 8.42 Å². The summed E-state index contributed by atoms with van der Waals surface area (Å²) in [6.45, 7) is 1.02. The van der Waals surface area contributed by atoms with Gasteiger partial charge in [-0.2, -0.15) is 4.72 Å². The topological polar surface area (TPSA) is 77.8 Å². The molecule has 8 heteroatoms. The van der Waals surface area contributed by atoms with Crippen molar-refractivity contribution in [3.8, 4) is 11.5 Å². The maximum Gasteiger partial charge on any atom is 0.241 e. The zero-order chi connectivity index (χ0) is 22.1. The number of rotatable bonds is 5. The molecule has 0 radical (unpaired) electrons. The number of para-hydroxylation sites is 1. The fourth-order valence-electron chi connectivity index (χ4n) is 3.66. The SMILES string of the molecule is O=S(=O)(N[C@H](c1cc2ccccc2o1)c1ccccc1I)c1ccc2c(c1)OCCCO2. The quantitative estimate of drug-likeness (QED) is 0.336. The Labute approximate surface area is 199 Å². The van der Waals surface area contributed by atoms with E-state index in [0.717, 1.165) is 20.9 Å². The lowest BCUT2D eigenvalue weighted by molar-refractivity contribution is 0.297. The van der Waals surface area contributed by atoms with Gasteiger partial charge in [0.15, 0.2) is 11.5 Å². The van der Waals surface area contributed by atoms with E-state index in [4.69, 9.17) is 13.9 Å². The molecule has 1 atom stereocenters. The Morgan fingerprint density at radius 3 is 2.44 bits per heavy atom. The molecular weight excluding hydrogens is 541 g/mol. The zero-order valence-corrected chi connectivity index (χ0v) is 19.9. The summed E-state index contributed by atoms with van der Waals surface area (Å²) in [7, 11) is -3.90. The van der Waals surface area contributed by atoms with Gasteiger partial charge in [0.25, 0.3) is 0 Å². The van der Waals surface area contributed by atoms with Gasteiger partial charge in [-0.25, -0.2) is 8.42 Å². The largest absolute Gasteiger partial charge is 0.490 e. The highest BCUT2D eigenvalue weighted by Gasteiger charge is 2.28. The lowest BCUT2D eigenvalue weighted by Gasteiger charge is -2.19. The van der Waals surface area contributed by atoms with Crippen LogP contribution < -0.4 is 14.2 Å². The molecule has 164 valence electrons. The lowest BCUT2D eigenvalue weighted by Crippen LogP contribution is -2.29. The first-order chi connectivity index (χ1) is 15.5. The third kappa shape index (κ3) is 4.22. The van der Waals surface area contributed by atoms with Crippen molar-refractivity contribution in [2.45, 2.75) is 17.4 Å². The van der Waals surface area contributed by atoms with Crippen molar-refractivity contribution >= 4 is 43.6 Å². The van der Waals surface area contributed by atoms with E-state index >= 15 is 0 Å². The van der Waals surface area contributed by atoms with E-state index in [1.807, 2.05) is 54.6 Å². The monoisotopic (exact) mass is 561 g/mol. The van der Waals surface area contributed by atoms with E-state index in [0.29, 0.717) is 36.1 Å². The van der Waals surface area contributed by atoms with Gasteiger partial charge >= 0.3 is 0 Å². The van der Waals surface area contributed by atoms with Crippen LogP contribution in [0, 0.1) is 3.57 Å². The molecule has 0 amide bonds. The molecule has 0 spiro atoms. The third-order valence-corrected chi connectivity index (χ3v) is 7.65. The number of ether oxygens (including phenoxy) is 2. The van der Waals surface area contributed by atoms with Gasteiger partial charge < -0.3 is 13.9 Å². The van der Waals surface area contributed by atoms with E-state index in [1.54, 1.807) is 6.07 Å². The molecule has 1 aliphatic heterocycles. The number of nitrogens with one attached hydrogen (secondary N) is 1. The molecule has 0 saturated heterocycles. The van der Waals surface area contributed by atoms with Gasteiger partial charge in [-0.1, -0.05) is 36.4 Å². The molecule has 4 aromatic rings. The number of halogens is 1. The summed E-state index contributed by atoms with van der Waals surface area (Å²) < 4.78 is 48.0. The van der Waals surface area contributed by atoms with E-state index in [1.165, 1.54) is 12.1 Å². The van der Waals surface area contributed by atoms with Crippen LogP contribution in [0.15, 0.2) is 82.1 Å². The molecule has 0 bridgehead atoms. The Morgan fingerprint density at radius 2 is 1.62 bits per heavy atom. The predicted octanol–water partition coefficient (Wildman–Crippen LogP) is 5.27. The van der Waals surface area contributed by atoms with Gasteiger partial charge in [0.05, 0.1) is 18.1 Å². The minimum Gasteiger partial charge on any atom is -0.490 e. The highest BCUT2D eigenvalue weighted by atomic mass is 127. The normalized spacial score (nSPS) is 14.8. The fraction of sp³-hybridized carbons (Fsp3) is 0.167. The molecule has 1 N–H and O–H groups in total. The first kappa shape index (κ1) is 21.3. The van der Waals surface area contributed by atoms with Gasteiger partial charge in [0.1, 0.15) is 17.4 Å². The first-order valence-corrected chi connectivity index (χ1v) is 12.7. The van der Waals surface area contributed by atoms with Crippen molar-refractivity contribution in [3.63, 3.8) is 0 Å². The summed E-state index contributed by atoms with van der Waals surface area (Å²) in [4.78, 5) is 0.105. The molecule has 32 heavy (non-hydrogen) atoms. The summed E-state index contributed by atoms with van der Waals surface area (Å²) in [5.41, 5.74) is 1.51. The van der Waals surface area contributed by atoms with Crippen LogP contribution in [0.2, 0.25) is 0 Å². The second-order valence-corrected chi connectivity index (χ2v) is 10.3. The van der Waals surface area contributed by atoms with Crippen LogP contribution in [0.3, 0.4) is 0 Å². The van der Waals surface area contributed by atoms with Crippen LogP contribution >= 0.6 is 22.6 Å². The van der Waals surface area contributed by atoms with Gasteiger partial charge in [-0.15, -0.1) is 0 Å². The Bertz CT molecular complexity index is 1350. The maximum atomic E-state index is 13.4. The molecule has 0 fully saturated rings. The third-order valence-electron chi connectivity index (χ3n) is 5.25. The molecule has 0 unspecified atom stereocenters. The smallest absolute Gasteiger partial charge is 0.241 e. The van der Waals surface area contributed by atoms with Crippen molar-refractivity contribution in [3.05, 3.63) is 87.7 Å². The van der Waals surface area contributed by atoms with Crippen LogP contribution in [-0.4, -0.2) is 21.6 Å². The van der Waals surface area contributed by atoms with Gasteiger partial charge in [-0.05, 0) is 58.5 Å². The molecule has 0 saturated carbocycles. The van der Waals surface area contributed by atoms with Gasteiger partial charge in [-0.3, -0.25) is 0 Å². The number of hydrogen-bond donors (Lipinski definition) is 1. The van der Waals surface area contributed by atoms with Crippen LogP contribution in [0.5, 0.6) is 11.5 Å². The maximum absolute atomic E-state index is 13.4. The molecule has 2 heterocycles. The van der Waals surface area contributed by atoms with Crippen molar-refractivity contribution < 1.29 is 22.3 Å². The predicted molar refractivity (Wildman–Crippen MR) is 130 cm³/mol. The standard InChI is InChI=1S/C24H20INO5S/c25-19-8-3-2-7-18(19)24(23-14-16-6-1-4-9-20(16)31-23)26-32(27,28)17-10-11-21-22(15-17)30-13-5-12-29-21/h1-4,6-11,14-15,24,26H,5,12-13H2/t24-/m0/s1. The van der Waals surface area contributed by atoms with Crippen molar-refractivity contribution in [1.29, 1.82) is 0 Å². The molecule has 0 aliphatic carbocycles. The van der Waals surface area contributed by atoms with E-state index < -0.39 is 16.1 Å². The number of benzene rings is 3. The Balaban J connectivity index is 1.56. The molecule has 1 aliphatic rings. The van der Waals surface area contributed by atoms with E-state index in [2.05, 4.69) is 27.3 Å². The molecule has 5 rings (SSSR count).